The molecule has 14 heavy (non-hydrogen) atoms. The van der Waals surface area contributed by atoms with Gasteiger partial charge in [-0.25, -0.2) is 0 Å². The van der Waals surface area contributed by atoms with Gasteiger partial charge in [-0.1, -0.05) is 19.9 Å². The van der Waals surface area contributed by atoms with Gasteiger partial charge in [-0.05, 0) is 29.9 Å². The van der Waals surface area contributed by atoms with Crippen molar-refractivity contribution in [2.45, 2.75) is 39.2 Å². The van der Waals surface area contributed by atoms with Gasteiger partial charge in [0.25, 0.3) is 0 Å². The topological polar surface area (TPSA) is 38.9 Å². The van der Waals surface area contributed by atoms with E-state index in [-0.39, 0.29) is 0 Å². The summed E-state index contributed by atoms with van der Waals surface area (Å²) in [5.41, 5.74) is 9.83. The van der Waals surface area contributed by atoms with Crippen molar-refractivity contribution < 1.29 is 0 Å². The second-order valence-electron chi connectivity index (χ2n) is 4.72. The van der Waals surface area contributed by atoms with Gasteiger partial charge in [-0.15, -0.1) is 0 Å². The molecule has 1 heterocycles. The summed E-state index contributed by atoms with van der Waals surface area (Å²) in [6.07, 6.45) is 5.10. The summed E-state index contributed by atoms with van der Waals surface area (Å²) in [6.45, 7) is 4.47. The Balaban J connectivity index is 2.20. The number of nitrogens with two attached hydrogens (primary N) is 1. The molecule has 0 bridgehead atoms. The average Bonchev–Trinajstić information content (AvgIpc) is 2.42. The van der Waals surface area contributed by atoms with E-state index >= 15 is 0 Å². The van der Waals surface area contributed by atoms with Gasteiger partial charge in [0.1, 0.15) is 0 Å². The van der Waals surface area contributed by atoms with Crippen LogP contribution in [-0.4, -0.2) is 11.0 Å². The van der Waals surface area contributed by atoms with Gasteiger partial charge in [-0.2, -0.15) is 0 Å². The lowest BCUT2D eigenvalue weighted by Gasteiger charge is -2.06. The highest BCUT2D eigenvalue weighted by molar-refractivity contribution is 5.31. The Kier molecular flexibility index (Phi) is 2.55. The Bertz CT molecular complexity index is 331. The Morgan fingerprint density at radius 1 is 1.50 bits per heavy atom. The van der Waals surface area contributed by atoms with Gasteiger partial charge in [0.2, 0.25) is 0 Å². The Hall–Kier alpha value is -0.890. The summed E-state index contributed by atoms with van der Waals surface area (Å²) in [5.74, 6) is 0.699. The minimum Gasteiger partial charge on any atom is -0.327 e. The molecule has 1 aromatic rings. The number of nitrogens with zero attached hydrogens (tertiary/aromatic N) is 1. The van der Waals surface area contributed by atoms with E-state index in [9.17, 15) is 0 Å². The molecule has 0 amide bonds. The van der Waals surface area contributed by atoms with E-state index in [2.05, 4.69) is 24.9 Å². The molecule has 0 aromatic carbocycles. The largest absolute Gasteiger partial charge is 0.327 e. The van der Waals surface area contributed by atoms with Crippen molar-refractivity contribution in [3.8, 4) is 0 Å². The molecule has 2 nitrogen and oxygen atoms in total. The third-order valence-electron chi connectivity index (χ3n) is 2.70. The summed E-state index contributed by atoms with van der Waals surface area (Å²) in [6, 6.07) is 2.58. The van der Waals surface area contributed by atoms with Crippen LogP contribution in [0.25, 0.3) is 0 Å². The molecule has 1 aliphatic carbocycles. The maximum absolute atomic E-state index is 5.90. The van der Waals surface area contributed by atoms with Crippen LogP contribution in [0.3, 0.4) is 0 Å². The Morgan fingerprint density at radius 3 is 3.00 bits per heavy atom. The first-order valence-corrected chi connectivity index (χ1v) is 5.37. The summed E-state index contributed by atoms with van der Waals surface area (Å²) in [4.78, 5) is 4.48. The number of pyridine rings is 1. The summed E-state index contributed by atoms with van der Waals surface area (Å²) in [5, 5.41) is 0. The van der Waals surface area contributed by atoms with Crippen LogP contribution in [0, 0.1) is 5.92 Å². The van der Waals surface area contributed by atoms with Crippen molar-refractivity contribution in [1.82, 2.24) is 4.98 Å². The van der Waals surface area contributed by atoms with Gasteiger partial charge >= 0.3 is 0 Å². The van der Waals surface area contributed by atoms with Gasteiger partial charge in [0.05, 0.1) is 0 Å². The fourth-order valence-electron chi connectivity index (χ4n) is 2.13. The van der Waals surface area contributed by atoms with Crippen molar-refractivity contribution in [3.63, 3.8) is 0 Å². The fraction of sp³-hybridized carbons (Fsp3) is 0.583. The van der Waals surface area contributed by atoms with Crippen LogP contribution in [0.4, 0.5) is 0 Å². The lowest BCUT2D eigenvalue weighted by atomic mass is 10.0. The molecule has 1 aromatic heterocycles. The predicted molar refractivity (Wildman–Crippen MR) is 58.2 cm³/mol. The van der Waals surface area contributed by atoms with Crippen LogP contribution < -0.4 is 5.73 Å². The van der Waals surface area contributed by atoms with Gasteiger partial charge in [0, 0.05) is 24.4 Å². The van der Waals surface area contributed by atoms with E-state index in [1.165, 1.54) is 16.8 Å². The molecular weight excluding hydrogens is 172 g/mol. The van der Waals surface area contributed by atoms with Crippen molar-refractivity contribution >= 4 is 0 Å². The Morgan fingerprint density at radius 2 is 2.29 bits per heavy atom. The van der Waals surface area contributed by atoms with E-state index < -0.39 is 0 Å². The summed E-state index contributed by atoms with van der Waals surface area (Å²) >= 11 is 0. The van der Waals surface area contributed by atoms with Crippen molar-refractivity contribution in [2.24, 2.45) is 11.7 Å². The Labute approximate surface area is 85.5 Å². The van der Waals surface area contributed by atoms with Gasteiger partial charge < -0.3 is 5.73 Å². The van der Waals surface area contributed by atoms with Gasteiger partial charge in [-0.3, -0.25) is 4.98 Å². The molecule has 2 heteroatoms. The first-order chi connectivity index (χ1) is 6.65. The molecular formula is C12H18N2. The maximum Gasteiger partial charge on any atom is 0.0451 e. The van der Waals surface area contributed by atoms with Gasteiger partial charge in [0.15, 0.2) is 0 Å². The zero-order chi connectivity index (χ0) is 10.1. The molecule has 0 fully saturated rings. The number of rotatable bonds is 2. The smallest absolute Gasteiger partial charge is 0.0451 e. The molecule has 0 aliphatic heterocycles. The minimum atomic E-state index is 0.298. The number of hydrogen-bond donors (Lipinski definition) is 1. The van der Waals surface area contributed by atoms with E-state index in [0.29, 0.717) is 12.0 Å². The van der Waals surface area contributed by atoms with Crippen LogP contribution in [0.15, 0.2) is 12.3 Å². The average molecular weight is 190 g/mol. The number of fused-ring (bicyclic) bond motifs is 1. The minimum absolute atomic E-state index is 0.298. The highest BCUT2D eigenvalue weighted by atomic mass is 14.7. The highest BCUT2D eigenvalue weighted by Crippen LogP contribution is 2.21. The molecule has 0 spiro atoms. The lowest BCUT2D eigenvalue weighted by Crippen LogP contribution is -2.19. The van der Waals surface area contributed by atoms with Crippen LogP contribution in [0.1, 0.15) is 30.7 Å². The second-order valence-corrected chi connectivity index (χ2v) is 4.72. The van der Waals surface area contributed by atoms with Crippen molar-refractivity contribution in [1.29, 1.82) is 0 Å². The van der Waals surface area contributed by atoms with Crippen LogP contribution in [0.5, 0.6) is 0 Å². The fourth-order valence-corrected chi connectivity index (χ4v) is 2.13. The molecule has 1 aliphatic rings. The summed E-state index contributed by atoms with van der Waals surface area (Å²) in [7, 11) is 0. The van der Waals surface area contributed by atoms with Crippen molar-refractivity contribution in [3.05, 3.63) is 29.1 Å². The quantitative estimate of drug-likeness (QED) is 0.771. The van der Waals surface area contributed by atoms with E-state index in [4.69, 9.17) is 5.73 Å². The third kappa shape index (κ3) is 1.95. The lowest BCUT2D eigenvalue weighted by molar-refractivity contribution is 0.645. The standard InChI is InChI=1S/C12H18N2/c1-8(2)3-9-4-10-5-11(13)6-12(10)14-7-9/h4,7-8,11H,3,5-6,13H2,1-2H3. The zero-order valence-corrected chi connectivity index (χ0v) is 8.96. The van der Waals surface area contributed by atoms with Crippen LogP contribution >= 0.6 is 0 Å². The molecule has 2 N–H and O–H groups in total. The van der Waals surface area contributed by atoms with E-state index in [1.54, 1.807) is 0 Å². The normalized spacial score (nSPS) is 20.1. The highest BCUT2D eigenvalue weighted by Gasteiger charge is 2.19. The molecule has 0 saturated heterocycles. The third-order valence-corrected chi connectivity index (χ3v) is 2.70. The zero-order valence-electron chi connectivity index (χ0n) is 8.96. The number of hydrogen-bond acceptors (Lipinski definition) is 2. The first kappa shape index (κ1) is 9.66. The van der Waals surface area contributed by atoms with Crippen molar-refractivity contribution in [2.75, 3.05) is 0 Å². The van der Waals surface area contributed by atoms with Crippen LogP contribution in [0.2, 0.25) is 0 Å². The molecule has 0 radical (unpaired) electrons. The van der Waals surface area contributed by atoms with Crippen LogP contribution in [-0.2, 0) is 19.3 Å². The van der Waals surface area contributed by atoms with E-state index in [1.807, 2.05) is 6.20 Å². The predicted octanol–water partition coefficient (Wildman–Crippen LogP) is 1.71. The molecule has 0 saturated carbocycles. The van der Waals surface area contributed by atoms with E-state index in [0.717, 1.165) is 19.3 Å². The molecule has 1 atom stereocenters. The summed E-state index contributed by atoms with van der Waals surface area (Å²) < 4.78 is 0. The number of aromatic nitrogens is 1. The second kappa shape index (κ2) is 3.70. The maximum atomic E-state index is 5.90. The SMILES string of the molecule is CC(C)Cc1cnc2c(c1)CC(N)C2. The molecule has 1 unspecified atom stereocenters. The molecule has 2 rings (SSSR count). The monoisotopic (exact) mass is 190 g/mol. The first-order valence-electron chi connectivity index (χ1n) is 5.37. The molecule has 76 valence electrons.